The number of aromatic nitrogens is 3. The first kappa shape index (κ1) is 34.3. The largest absolute Gasteiger partial charge is 0.208 e. The third kappa shape index (κ3) is 5.60. The zero-order valence-electron chi connectivity index (χ0n) is 32.1. The first-order valence-corrected chi connectivity index (χ1v) is 20.6. The molecule has 2 heterocycles. The van der Waals surface area contributed by atoms with Gasteiger partial charge in [-0.1, -0.05) is 184 Å². The molecule has 3 nitrogen and oxygen atoms in total. The summed E-state index contributed by atoms with van der Waals surface area (Å²) in [5.41, 5.74) is 15.2. The van der Waals surface area contributed by atoms with Crippen LogP contribution in [0.1, 0.15) is 25.0 Å². The van der Waals surface area contributed by atoms with E-state index in [-0.39, 0.29) is 5.41 Å². The van der Waals surface area contributed by atoms with Crippen molar-refractivity contribution in [3.8, 4) is 78.7 Å². The van der Waals surface area contributed by atoms with Gasteiger partial charge in [0, 0.05) is 42.3 Å². The van der Waals surface area contributed by atoms with Gasteiger partial charge in [0.15, 0.2) is 17.5 Å². The minimum atomic E-state index is -0.0366. The second-order valence-corrected chi connectivity index (χ2v) is 16.6. The van der Waals surface area contributed by atoms with E-state index in [0.29, 0.717) is 17.5 Å². The van der Waals surface area contributed by atoms with Gasteiger partial charge in [0.1, 0.15) is 0 Å². The molecule has 11 rings (SSSR count). The van der Waals surface area contributed by atoms with E-state index in [4.69, 9.17) is 15.0 Å². The Morgan fingerprint density at radius 2 is 0.897 bits per heavy atom. The Labute approximate surface area is 342 Å². The molecule has 0 aliphatic heterocycles. The lowest BCUT2D eigenvalue weighted by atomic mass is 9.82. The summed E-state index contributed by atoms with van der Waals surface area (Å²) in [5.74, 6) is 1.95. The fraction of sp³-hybridized carbons (Fsp3) is 0.0556. The molecule has 4 heteroatoms. The number of fused-ring (bicyclic) bond motifs is 6. The van der Waals surface area contributed by atoms with Crippen LogP contribution in [0.5, 0.6) is 0 Å². The van der Waals surface area contributed by atoms with Crippen LogP contribution in [0.25, 0.3) is 98.8 Å². The fourth-order valence-corrected chi connectivity index (χ4v) is 10.1. The Morgan fingerprint density at radius 3 is 1.74 bits per heavy atom. The molecule has 0 saturated heterocycles. The molecule has 0 atom stereocenters. The Morgan fingerprint density at radius 1 is 0.362 bits per heavy atom. The summed E-state index contributed by atoms with van der Waals surface area (Å²) in [4.78, 5) is 15.8. The van der Waals surface area contributed by atoms with Gasteiger partial charge in [0.2, 0.25) is 0 Å². The number of hydrogen-bond donors (Lipinski definition) is 0. The van der Waals surface area contributed by atoms with Gasteiger partial charge in [0.05, 0.1) is 0 Å². The lowest BCUT2D eigenvalue weighted by Gasteiger charge is -2.21. The molecule has 1 aliphatic carbocycles. The number of nitrogens with zero attached hydrogens (tertiary/aromatic N) is 3. The molecule has 0 unspecified atom stereocenters. The zero-order chi connectivity index (χ0) is 38.8. The topological polar surface area (TPSA) is 38.7 Å². The summed E-state index contributed by atoms with van der Waals surface area (Å²) >= 11 is 1.79. The molecule has 0 spiro atoms. The van der Waals surface area contributed by atoms with Gasteiger partial charge in [-0.3, -0.25) is 0 Å². The highest BCUT2D eigenvalue weighted by molar-refractivity contribution is 7.26. The third-order valence-corrected chi connectivity index (χ3v) is 13.0. The van der Waals surface area contributed by atoms with E-state index in [1.54, 1.807) is 11.3 Å². The van der Waals surface area contributed by atoms with Crippen LogP contribution in [0.15, 0.2) is 188 Å². The standard InChI is InChI=1S/C54H37N3S/c1-54(2)46-26-10-8-22-44(46)49-40(23-14-27-47(49)54)36-31-29-34(30-32-36)37-17-12-18-38(33-37)51-55-52(43-21-7-6-19-39(43)35-15-4-3-5-16-35)57-53(56-51)45-25-13-24-42-41-20-9-11-28-48(41)58-50(42)45/h3-33H,1-2H3. The Kier molecular flexibility index (Phi) is 8.02. The molecule has 274 valence electrons. The van der Waals surface area contributed by atoms with Crippen molar-refractivity contribution in [3.63, 3.8) is 0 Å². The van der Waals surface area contributed by atoms with Gasteiger partial charge in [-0.25, -0.2) is 15.0 Å². The van der Waals surface area contributed by atoms with Gasteiger partial charge in [-0.2, -0.15) is 0 Å². The second kappa shape index (κ2) is 13.6. The first-order valence-electron chi connectivity index (χ1n) is 19.8. The smallest absolute Gasteiger partial charge is 0.165 e. The van der Waals surface area contributed by atoms with Crippen molar-refractivity contribution in [1.29, 1.82) is 0 Å². The molecule has 2 aromatic heterocycles. The third-order valence-electron chi connectivity index (χ3n) is 11.8. The Bertz CT molecular complexity index is 3200. The fourth-order valence-electron chi connectivity index (χ4n) is 8.89. The second-order valence-electron chi connectivity index (χ2n) is 15.6. The van der Waals surface area contributed by atoms with Gasteiger partial charge in [-0.15, -0.1) is 11.3 Å². The van der Waals surface area contributed by atoms with Gasteiger partial charge >= 0.3 is 0 Å². The zero-order valence-corrected chi connectivity index (χ0v) is 33.0. The van der Waals surface area contributed by atoms with Crippen molar-refractivity contribution in [3.05, 3.63) is 199 Å². The summed E-state index contributed by atoms with van der Waals surface area (Å²) in [7, 11) is 0. The number of thiophene rings is 1. The minimum Gasteiger partial charge on any atom is -0.208 e. The average Bonchev–Trinajstić information content (AvgIpc) is 3.79. The predicted molar refractivity (Wildman–Crippen MR) is 243 cm³/mol. The Balaban J connectivity index is 1.03. The maximum Gasteiger partial charge on any atom is 0.165 e. The molecule has 1 aliphatic rings. The van der Waals surface area contributed by atoms with Crippen LogP contribution in [0.4, 0.5) is 0 Å². The summed E-state index contributed by atoms with van der Waals surface area (Å²) < 4.78 is 2.42. The highest BCUT2D eigenvalue weighted by Crippen LogP contribution is 2.52. The van der Waals surface area contributed by atoms with Crippen molar-refractivity contribution in [2.75, 3.05) is 0 Å². The molecule has 0 radical (unpaired) electrons. The monoisotopic (exact) mass is 759 g/mol. The van der Waals surface area contributed by atoms with Crippen molar-refractivity contribution in [2.24, 2.45) is 0 Å². The minimum absolute atomic E-state index is 0.0366. The maximum atomic E-state index is 5.26. The van der Waals surface area contributed by atoms with Crippen LogP contribution in [0.2, 0.25) is 0 Å². The Hall–Kier alpha value is -7.01. The van der Waals surface area contributed by atoms with E-state index >= 15 is 0 Å². The van der Waals surface area contributed by atoms with Crippen molar-refractivity contribution in [1.82, 2.24) is 15.0 Å². The van der Waals surface area contributed by atoms with Gasteiger partial charge in [-0.05, 0) is 73.8 Å². The van der Waals surface area contributed by atoms with E-state index < -0.39 is 0 Å². The molecule has 58 heavy (non-hydrogen) atoms. The average molecular weight is 760 g/mol. The molecular formula is C54H37N3S. The van der Waals surface area contributed by atoms with E-state index in [0.717, 1.165) is 38.9 Å². The van der Waals surface area contributed by atoms with Gasteiger partial charge in [0.25, 0.3) is 0 Å². The highest BCUT2D eigenvalue weighted by atomic mass is 32.1. The first-order chi connectivity index (χ1) is 28.5. The van der Waals surface area contributed by atoms with E-state index in [1.165, 1.54) is 53.6 Å². The van der Waals surface area contributed by atoms with E-state index in [2.05, 4.69) is 196 Å². The predicted octanol–water partition coefficient (Wildman–Crippen LogP) is 14.5. The summed E-state index contributed by atoms with van der Waals surface area (Å²) in [6, 6.07) is 67.1. The molecule has 0 amide bonds. The summed E-state index contributed by atoms with van der Waals surface area (Å²) in [6.45, 7) is 4.67. The molecule has 0 saturated carbocycles. The molecular weight excluding hydrogens is 723 g/mol. The van der Waals surface area contributed by atoms with Crippen molar-refractivity contribution in [2.45, 2.75) is 19.3 Å². The number of benzene rings is 8. The van der Waals surface area contributed by atoms with E-state index in [1.807, 2.05) is 6.07 Å². The quantitative estimate of drug-likeness (QED) is 0.169. The van der Waals surface area contributed by atoms with Crippen molar-refractivity contribution < 1.29 is 0 Å². The van der Waals surface area contributed by atoms with Crippen LogP contribution >= 0.6 is 11.3 Å². The van der Waals surface area contributed by atoms with Crippen LogP contribution < -0.4 is 0 Å². The van der Waals surface area contributed by atoms with E-state index in [9.17, 15) is 0 Å². The molecule has 8 aromatic carbocycles. The SMILES string of the molecule is CC1(C)c2ccccc2-c2c(-c3ccc(-c4cccc(-c5nc(-c6ccccc6-c6ccccc6)nc(-c6cccc7c6sc6ccccc67)n5)c4)cc3)cccc21. The van der Waals surface area contributed by atoms with Crippen LogP contribution in [0.3, 0.4) is 0 Å². The summed E-state index contributed by atoms with van der Waals surface area (Å²) in [5, 5.41) is 2.46. The summed E-state index contributed by atoms with van der Waals surface area (Å²) in [6.07, 6.45) is 0. The number of rotatable bonds is 6. The maximum absolute atomic E-state index is 5.26. The number of hydrogen-bond acceptors (Lipinski definition) is 4. The highest BCUT2D eigenvalue weighted by Gasteiger charge is 2.36. The van der Waals surface area contributed by atoms with Gasteiger partial charge < -0.3 is 0 Å². The molecule has 0 fully saturated rings. The lowest BCUT2D eigenvalue weighted by Crippen LogP contribution is -2.14. The molecule has 0 N–H and O–H groups in total. The molecule has 10 aromatic rings. The molecule has 0 bridgehead atoms. The normalized spacial score (nSPS) is 12.8. The van der Waals surface area contributed by atoms with Crippen LogP contribution in [-0.2, 0) is 5.41 Å². The lowest BCUT2D eigenvalue weighted by molar-refractivity contribution is 0.660. The van der Waals surface area contributed by atoms with Crippen LogP contribution in [0, 0.1) is 0 Å². The van der Waals surface area contributed by atoms with Crippen molar-refractivity contribution >= 4 is 31.5 Å². The van der Waals surface area contributed by atoms with Crippen LogP contribution in [-0.4, -0.2) is 15.0 Å².